The zero-order valence-corrected chi connectivity index (χ0v) is 20.5. The maximum atomic E-state index is 12.1. The van der Waals surface area contributed by atoms with Crippen LogP contribution in [0.25, 0.3) is 21.5 Å². The van der Waals surface area contributed by atoms with E-state index >= 15 is 0 Å². The van der Waals surface area contributed by atoms with Gasteiger partial charge < -0.3 is 10.2 Å². The molecule has 12 nitrogen and oxygen atoms in total. The highest BCUT2D eigenvalue weighted by atomic mass is 32.2. The monoisotopic (exact) mass is 552 g/mol. The second-order valence-electron chi connectivity index (χ2n) is 7.66. The first-order valence-electron chi connectivity index (χ1n) is 9.70. The predicted molar refractivity (Wildman–Crippen MR) is 128 cm³/mol. The Labute approximate surface area is 204 Å². The molecule has 0 aliphatic heterocycles. The fourth-order valence-electron chi connectivity index (χ4n) is 3.62. The van der Waals surface area contributed by atoms with Crippen molar-refractivity contribution in [3.05, 3.63) is 54.6 Å². The summed E-state index contributed by atoms with van der Waals surface area (Å²) in [6, 6.07) is 10.8. The SMILES string of the molecule is CS(=O)(=O)c1cc(O)c2c(O)c(N=Nc3ccc(S(=O)(=O)O)c4ccccc34)c(S(=O)(=O)O)cc2c1. The van der Waals surface area contributed by atoms with E-state index in [4.69, 9.17) is 0 Å². The van der Waals surface area contributed by atoms with Gasteiger partial charge in [-0.3, -0.25) is 9.11 Å². The van der Waals surface area contributed by atoms with Crippen molar-refractivity contribution in [1.29, 1.82) is 0 Å². The number of benzene rings is 4. The Hall–Kier alpha value is -3.63. The van der Waals surface area contributed by atoms with Crippen LogP contribution in [0.4, 0.5) is 11.4 Å². The minimum Gasteiger partial charge on any atom is -0.507 e. The number of phenolic OH excluding ortho intramolecular Hbond substituents is 2. The lowest BCUT2D eigenvalue weighted by Crippen LogP contribution is -2.01. The lowest BCUT2D eigenvalue weighted by molar-refractivity contribution is 0.459. The van der Waals surface area contributed by atoms with Gasteiger partial charge in [0.2, 0.25) is 0 Å². The number of rotatable bonds is 5. The van der Waals surface area contributed by atoms with Crippen LogP contribution in [0.2, 0.25) is 0 Å². The summed E-state index contributed by atoms with van der Waals surface area (Å²) in [6.45, 7) is 0. The first-order chi connectivity index (χ1) is 16.6. The summed E-state index contributed by atoms with van der Waals surface area (Å²) in [6.07, 6.45) is 0.858. The van der Waals surface area contributed by atoms with Crippen molar-refractivity contribution in [2.24, 2.45) is 10.2 Å². The molecule has 0 amide bonds. The summed E-state index contributed by atoms with van der Waals surface area (Å²) in [7, 11) is -13.4. The number of hydrogen-bond acceptors (Lipinski definition) is 10. The predicted octanol–water partition coefficient (Wildman–Crippen LogP) is 3.72. The zero-order valence-electron chi connectivity index (χ0n) is 18.1. The highest BCUT2D eigenvalue weighted by molar-refractivity contribution is 7.90. The molecular formula is C21H16N2O10S3. The summed E-state index contributed by atoms with van der Waals surface area (Å²) >= 11 is 0. The van der Waals surface area contributed by atoms with E-state index in [1.165, 1.54) is 24.3 Å². The maximum absolute atomic E-state index is 12.1. The first kappa shape index (κ1) is 25.5. The molecule has 4 aromatic rings. The van der Waals surface area contributed by atoms with Crippen molar-refractivity contribution in [2.75, 3.05) is 6.26 Å². The Kier molecular flexibility index (Phi) is 6.01. The van der Waals surface area contributed by atoms with E-state index in [2.05, 4.69) is 10.2 Å². The molecule has 0 radical (unpaired) electrons. The third-order valence-electron chi connectivity index (χ3n) is 5.21. The van der Waals surface area contributed by atoms with E-state index in [1.54, 1.807) is 6.07 Å². The van der Waals surface area contributed by atoms with Gasteiger partial charge in [0.1, 0.15) is 21.2 Å². The normalized spacial score (nSPS) is 13.1. The molecule has 4 rings (SSSR count). The van der Waals surface area contributed by atoms with E-state index < -0.39 is 57.1 Å². The Balaban J connectivity index is 2.01. The molecule has 0 saturated heterocycles. The van der Waals surface area contributed by atoms with Crippen molar-refractivity contribution in [3.8, 4) is 11.5 Å². The average Bonchev–Trinajstić information content (AvgIpc) is 2.75. The van der Waals surface area contributed by atoms with E-state index in [9.17, 15) is 44.6 Å². The first-order valence-corrected chi connectivity index (χ1v) is 14.5. The molecule has 0 aliphatic carbocycles. The third kappa shape index (κ3) is 4.61. The van der Waals surface area contributed by atoms with Crippen LogP contribution in [0.1, 0.15) is 0 Å². The van der Waals surface area contributed by atoms with E-state index in [0.29, 0.717) is 0 Å². The summed E-state index contributed by atoms with van der Waals surface area (Å²) in [4.78, 5) is -1.70. The molecule has 0 saturated carbocycles. The van der Waals surface area contributed by atoms with Gasteiger partial charge in [-0.05, 0) is 35.7 Å². The minimum absolute atomic E-state index is 0.00966. The molecule has 4 aromatic carbocycles. The highest BCUT2D eigenvalue weighted by Crippen LogP contribution is 2.46. The Morgan fingerprint density at radius 1 is 0.722 bits per heavy atom. The lowest BCUT2D eigenvalue weighted by Gasteiger charge is -2.11. The number of nitrogens with zero attached hydrogens (tertiary/aromatic N) is 2. The van der Waals surface area contributed by atoms with Gasteiger partial charge in [0.05, 0.1) is 16.0 Å². The van der Waals surface area contributed by atoms with Crippen molar-refractivity contribution in [2.45, 2.75) is 14.7 Å². The Morgan fingerprint density at radius 3 is 1.92 bits per heavy atom. The largest absolute Gasteiger partial charge is 0.507 e. The molecule has 0 heterocycles. The molecule has 4 N–H and O–H groups in total. The smallest absolute Gasteiger partial charge is 0.296 e. The molecule has 188 valence electrons. The molecule has 36 heavy (non-hydrogen) atoms. The molecule has 0 atom stereocenters. The summed E-state index contributed by atoms with van der Waals surface area (Å²) in [5.74, 6) is -1.62. The second-order valence-corrected chi connectivity index (χ2v) is 12.5. The lowest BCUT2D eigenvalue weighted by atomic mass is 10.1. The number of aromatic hydroxyl groups is 2. The van der Waals surface area contributed by atoms with Crippen molar-refractivity contribution >= 4 is 63.0 Å². The van der Waals surface area contributed by atoms with Gasteiger partial charge in [-0.1, -0.05) is 24.3 Å². The van der Waals surface area contributed by atoms with Crippen molar-refractivity contribution < 1.29 is 44.6 Å². The van der Waals surface area contributed by atoms with Gasteiger partial charge in [-0.15, -0.1) is 10.2 Å². The third-order valence-corrected chi connectivity index (χ3v) is 8.08. The van der Waals surface area contributed by atoms with Gasteiger partial charge in [0, 0.05) is 17.0 Å². The van der Waals surface area contributed by atoms with Crippen LogP contribution >= 0.6 is 0 Å². The second kappa shape index (κ2) is 8.49. The van der Waals surface area contributed by atoms with E-state index in [0.717, 1.165) is 30.5 Å². The minimum atomic E-state index is -5.04. The quantitative estimate of drug-likeness (QED) is 0.208. The standard InChI is InChI=1S/C21H16N2O10S3/c1-34(26,27)12-8-11-9-18(36(31,32)33)20(21(25)19(11)16(24)10-12)23-22-15-6-7-17(35(28,29)30)14-5-3-2-4-13(14)15/h2-10,24-25H,1H3,(H,28,29,30)(H,31,32,33). The zero-order chi connectivity index (χ0) is 26.6. The molecule has 15 heteroatoms. The number of hydrogen-bond donors (Lipinski definition) is 4. The van der Waals surface area contributed by atoms with Crippen LogP contribution in [-0.2, 0) is 30.1 Å². The fourth-order valence-corrected chi connectivity index (χ4v) is 5.64. The molecule has 0 spiro atoms. The van der Waals surface area contributed by atoms with Crippen molar-refractivity contribution in [1.82, 2.24) is 0 Å². The summed E-state index contributed by atoms with van der Waals surface area (Å²) in [5, 5.41) is 28.5. The molecule has 0 aliphatic rings. The molecule has 0 fully saturated rings. The van der Waals surface area contributed by atoms with E-state index in [1.807, 2.05) is 0 Å². The molecule has 0 unspecified atom stereocenters. The van der Waals surface area contributed by atoms with Gasteiger partial charge in [0.25, 0.3) is 20.2 Å². The number of azo groups is 1. The van der Waals surface area contributed by atoms with Gasteiger partial charge in [0.15, 0.2) is 15.6 Å². The Bertz CT molecular complexity index is 1930. The van der Waals surface area contributed by atoms with Crippen LogP contribution in [0.15, 0.2) is 79.5 Å². The van der Waals surface area contributed by atoms with Gasteiger partial charge >= 0.3 is 0 Å². The topological polar surface area (TPSA) is 208 Å². The van der Waals surface area contributed by atoms with E-state index in [-0.39, 0.29) is 32.1 Å². The maximum Gasteiger partial charge on any atom is 0.296 e. The molecular weight excluding hydrogens is 536 g/mol. The number of fused-ring (bicyclic) bond motifs is 2. The van der Waals surface area contributed by atoms with Crippen LogP contribution in [0.3, 0.4) is 0 Å². The molecule has 0 aromatic heterocycles. The fraction of sp³-hybridized carbons (Fsp3) is 0.0476. The van der Waals surface area contributed by atoms with Gasteiger partial charge in [-0.2, -0.15) is 16.8 Å². The van der Waals surface area contributed by atoms with Crippen LogP contribution < -0.4 is 0 Å². The molecule has 0 bridgehead atoms. The average molecular weight is 553 g/mol. The van der Waals surface area contributed by atoms with Crippen LogP contribution in [0, 0.1) is 0 Å². The Morgan fingerprint density at radius 2 is 1.33 bits per heavy atom. The highest BCUT2D eigenvalue weighted by Gasteiger charge is 2.25. The summed E-state index contributed by atoms with van der Waals surface area (Å²) < 4.78 is 90.5. The summed E-state index contributed by atoms with van der Waals surface area (Å²) in [5.41, 5.74) is -0.759. The number of sulfone groups is 1. The van der Waals surface area contributed by atoms with Crippen molar-refractivity contribution in [3.63, 3.8) is 0 Å². The van der Waals surface area contributed by atoms with Crippen LogP contribution in [-0.4, -0.2) is 50.8 Å². The van der Waals surface area contributed by atoms with Crippen LogP contribution in [0.5, 0.6) is 11.5 Å². The van der Waals surface area contributed by atoms with Gasteiger partial charge in [-0.25, -0.2) is 8.42 Å². The number of phenols is 2.